The summed E-state index contributed by atoms with van der Waals surface area (Å²) in [6.07, 6.45) is 0.00338. The van der Waals surface area contributed by atoms with Gasteiger partial charge in [-0.3, -0.25) is 4.79 Å². The smallest absolute Gasteiger partial charge is 0.272 e. The van der Waals surface area contributed by atoms with Gasteiger partial charge in [0, 0.05) is 13.1 Å². The molecule has 0 aromatic heterocycles. The largest absolute Gasteiger partial charge is 0.376 e. The molecule has 66 valence electrons. The van der Waals surface area contributed by atoms with E-state index in [0.717, 1.165) is 18.9 Å². The molecule has 12 heavy (non-hydrogen) atoms. The van der Waals surface area contributed by atoms with E-state index in [9.17, 15) is 4.79 Å². The molecule has 0 radical (unpaired) electrons. The number of hydrogen-bond acceptors (Lipinski definition) is 4. The van der Waals surface area contributed by atoms with E-state index in [2.05, 4.69) is 21.3 Å². The minimum atomic E-state index is -0.0385. The third-order valence-electron chi connectivity index (χ3n) is 1.91. The standard InChI is InChI=1S/C7H12N4O/c1-4-10-6-5(7(12)11-4)8-2-3-9-6/h4,8-10H,2-3H2,1H3,(H,11,12). The van der Waals surface area contributed by atoms with E-state index < -0.39 is 0 Å². The molecule has 2 rings (SSSR count). The molecule has 4 N–H and O–H groups in total. The average molecular weight is 168 g/mol. The molecule has 2 heterocycles. The fraction of sp³-hybridized carbons (Fsp3) is 0.571. The summed E-state index contributed by atoms with van der Waals surface area (Å²) in [7, 11) is 0. The highest BCUT2D eigenvalue weighted by atomic mass is 16.2. The topological polar surface area (TPSA) is 65.2 Å². The maximum Gasteiger partial charge on any atom is 0.272 e. The zero-order chi connectivity index (χ0) is 8.55. The molecule has 0 saturated heterocycles. The molecule has 2 aliphatic heterocycles. The quantitative estimate of drug-likeness (QED) is 0.352. The highest BCUT2D eigenvalue weighted by molar-refractivity contribution is 5.94. The zero-order valence-corrected chi connectivity index (χ0v) is 6.90. The highest BCUT2D eigenvalue weighted by Crippen LogP contribution is 2.04. The lowest BCUT2D eigenvalue weighted by atomic mass is 10.2. The average Bonchev–Trinajstić information content (AvgIpc) is 2.04. The van der Waals surface area contributed by atoms with E-state index in [0.29, 0.717) is 5.70 Å². The molecule has 2 aliphatic rings. The van der Waals surface area contributed by atoms with Crippen molar-refractivity contribution in [2.45, 2.75) is 13.1 Å². The number of carbonyl (C=O) groups excluding carboxylic acids is 1. The van der Waals surface area contributed by atoms with Crippen molar-refractivity contribution in [3.8, 4) is 0 Å². The van der Waals surface area contributed by atoms with Gasteiger partial charge in [0.15, 0.2) is 0 Å². The Morgan fingerprint density at radius 2 is 2.00 bits per heavy atom. The van der Waals surface area contributed by atoms with Crippen molar-refractivity contribution in [2.75, 3.05) is 13.1 Å². The summed E-state index contributed by atoms with van der Waals surface area (Å²) in [5.74, 6) is 0.779. The summed E-state index contributed by atoms with van der Waals surface area (Å²) >= 11 is 0. The Labute approximate surface area is 70.6 Å². The monoisotopic (exact) mass is 168 g/mol. The third-order valence-corrected chi connectivity index (χ3v) is 1.91. The Balaban J connectivity index is 2.26. The second kappa shape index (κ2) is 2.58. The van der Waals surface area contributed by atoms with Gasteiger partial charge < -0.3 is 21.3 Å². The number of hydrogen-bond donors (Lipinski definition) is 4. The molecule has 0 aliphatic carbocycles. The lowest BCUT2D eigenvalue weighted by molar-refractivity contribution is -0.119. The van der Waals surface area contributed by atoms with Crippen molar-refractivity contribution in [3.05, 3.63) is 11.5 Å². The van der Waals surface area contributed by atoms with Crippen LogP contribution >= 0.6 is 0 Å². The van der Waals surface area contributed by atoms with E-state index in [1.54, 1.807) is 0 Å². The van der Waals surface area contributed by atoms with Gasteiger partial charge in [-0.05, 0) is 6.92 Å². The minimum Gasteiger partial charge on any atom is -0.376 e. The molecule has 0 aromatic rings. The van der Waals surface area contributed by atoms with Crippen molar-refractivity contribution in [2.24, 2.45) is 0 Å². The Kier molecular flexibility index (Phi) is 1.56. The molecule has 1 unspecified atom stereocenters. The highest BCUT2D eigenvalue weighted by Gasteiger charge is 2.25. The van der Waals surface area contributed by atoms with Crippen LogP contribution in [0, 0.1) is 0 Å². The van der Waals surface area contributed by atoms with E-state index in [1.165, 1.54) is 0 Å². The summed E-state index contributed by atoms with van der Waals surface area (Å²) in [6, 6.07) is 0. The van der Waals surface area contributed by atoms with Crippen molar-refractivity contribution < 1.29 is 4.79 Å². The molecule has 0 bridgehead atoms. The van der Waals surface area contributed by atoms with Gasteiger partial charge in [0.05, 0.1) is 6.17 Å². The molecule has 5 nitrogen and oxygen atoms in total. The van der Waals surface area contributed by atoms with Crippen LogP contribution in [0.25, 0.3) is 0 Å². The summed E-state index contributed by atoms with van der Waals surface area (Å²) in [6.45, 7) is 3.55. The molecule has 5 heteroatoms. The lowest BCUT2D eigenvalue weighted by Gasteiger charge is -2.31. The molecule has 0 spiro atoms. The SMILES string of the molecule is CC1NC(=O)C2=C(NCCN2)N1. The second-order valence-electron chi connectivity index (χ2n) is 2.94. The number of carbonyl (C=O) groups is 1. The molecule has 1 atom stereocenters. The van der Waals surface area contributed by atoms with E-state index in [-0.39, 0.29) is 12.1 Å². The van der Waals surface area contributed by atoms with Crippen LogP contribution in [0.15, 0.2) is 11.5 Å². The maximum atomic E-state index is 11.3. The van der Waals surface area contributed by atoms with Gasteiger partial charge in [-0.1, -0.05) is 0 Å². The van der Waals surface area contributed by atoms with Crippen LogP contribution in [0.4, 0.5) is 0 Å². The van der Waals surface area contributed by atoms with Crippen LogP contribution in [0.5, 0.6) is 0 Å². The Morgan fingerprint density at radius 3 is 2.83 bits per heavy atom. The lowest BCUT2D eigenvalue weighted by Crippen LogP contribution is -2.57. The predicted molar refractivity (Wildman–Crippen MR) is 43.8 cm³/mol. The second-order valence-corrected chi connectivity index (χ2v) is 2.94. The van der Waals surface area contributed by atoms with Gasteiger partial charge in [-0.15, -0.1) is 0 Å². The van der Waals surface area contributed by atoms with Gasteiger partial charge in [-0.2, -0.15) is 0 Å². The fourth-order valence-electron chi connectivity index (χ4n) is 1.39. The number of amides is 1. The van der Waals surface area contributed by atoms with Crippen molar-refractivity contribution >= 4 is 5.91 Å². The number of nitrogens with one attached hydrogen (secondary N) is 4. The molecular formula is C7H12N4O. The predicted octanol–water partition coefficient (Wildman–Crippen LogP) is -1.59. The van der Waals surface area contributed by atoms with Crippen molar-refractivity contribution in [1.82, 2.24) is 21.3 Å². The van der Waals surface area contributed by atoms with Gasteiger partial charge in [0.2, 0.25) is 0 Å². The first-order valence-corrected chi connectivity index (χ1v) is 4.07. The first-order valence-electron chi connectivity index (χ1n) is 4.07. The van der Waals surface area contributed by atoms with E-state index >= 15 is 0 Å². The Morgan fingerprint density at radius 1 is 1.25 bits per heavy atom. The molecular weight excluding hydrogens is 156 g/mol. The van der Waals surface area contributed by atoms with Crippen LogP contribution in [0.2, 0.25) is 0 Å². The third kappa shape index (κ3) is 1.07. The summed E-state index contributed by atoms with van der Waals surface area (Å²) < 4.78 is 0. The van der Waals surface area contributed by atoms with Crippen LogP contribution in [0.1, 0.15) is 6.92 Å². The molecule has 0 fully saturated rings. The van der Waals surface area contributed by atoms with Gasteiger partial charge in [0.1, 0.15) is 11.5 Å². The van der Waals surface area contributed by atoms with Crippen molar-refractivity contribution in [3.63, 3.8) is 0 Å². The first-order chi connectivity index (χ1) is 5.77. The van der Waals surface area contributed by atoms with Crippen LogP contribution < -0.4 is 21.3 Å². The van der Waals surface area contributed by atoms with Gasteiger partial charge in [-0.25, -0.2) is 0 Å². The fourth-order valence-corrected chi connectivity index (χ4v) is 1.39. The number of rotatable bonds is 0. The van der Waals surface area contributed by atoms with Crippen LogP contribution in [0.3, 0.4) is 0 Å². The molecule has 0 aromatic carbocycles. The van der Waals surface area contributed by atoms with Crippen molar-refractivity contribution in [1.29, 1.82) is 0 Å². The van der Waals surface area contributed by atoms with E-state index in [4.69, 9.17) is 0 Å². The minimum absolute atomic E-state index is 0.00338. The molecule has 0 saturated carbocycles. The Hall–Kier alpha value is -1.39. The summed E-state index contributed by atoms with van der Waals surface area (Å²) in [4.78, 5) is 11.3. The normalized spacial score (nSPS) is 27.8. The van der Waals surface area contributed by atoms with E-state index in [1.807, 2.05) is 6.92 Å². The molecule has 1 amide bonds. The maximum absolute atomic E-state index is 11.3. The van der Waals surface area contributed by atoms with Crippen LogP contribution in [-0.2, 0) is 4.79 Å². The van der Waals surface area contributed by atoms with Crippen LogP contribution in [-0.4, -0.2) is 25.2 Å². The van der Waals surface area contributed by atoms with Gasteiger partial charge in [0.25, 0.3) is 5.91 Å². The zero-order valence-electron chi connectivity index (χ0n) is 6.90. The Bertz CT molecular complexity index is 248. The summed E-state index contributed by atoms with van der Waals surface area (Å²) in [5, 5.41) is 12.1. The first kappa shape index (κ1) is 7.27. The summed E-state index contributed by atoms with van der Waals surface area (Å²) in [5.41, 5.74) is 0.624. The van der Waals surface area contributed by atoms with Gasteiger partial charge >= 0.3 is 0 Å².